The van der Waals surface area contributed by atoms with E-state index in [0.29, 0.717) is 0 Å². The third-order valence-corrected chi connectivity index (χ3v) is 6.00. The van der Waals surface area contributed by atoms with Crippen molar-refractivity contribution in [1.82, 2.24) is 9.88 Å². The van der Waals surface area contributed by atoms with Gasteiger partial charge in [-0.05, 0) is 36.5 Å². The number of urea groups is 1. The molecule has 32 heavy (non-hydrogen) atoms. The number of nitrogens with zero attached hydrogens (tertiary/aromatic N) is 3. The number of rotatable bonds is 6. The van der Waals surface area contributed by atoms with Crippen molar-refractivity contribution in [3.8, 4) is 0 Å². The van der Waals surface area contributed by atoms with Crippen molar-refractivity contribution in [3.63, 3.8) is 0 Å². The van der Waals surface area contributed by atoms with Gasteiger partial charge in [0, 0.05) is 19.9 Å². The van der Waals surface area contributed by atoms with Crippen LogP contribution in [0.25, 0.3) is 0 Å². The number of hydrogen-bond donors (Lipinski definition) is 0. The lowest BCUT2D eigenvalue weighted by Gasteiger charge is -2.26. The van der Waals surface area contributed by atoms with E-state index in [9.17, 15) is 22.8 Å². The number of esters is 1. The first kappa shape index (κ1) is 24.6. The summed E-state index contributed by atoms with van der Waals surface area (Å²) in [6.07, 6.45) is -4.56. The van der Waals surface area contributed by atoms with Crippen molar-refractivity contribution in [1.29, 1.82) is 0 Å². The molecule has 0 N–H and O–H groups in total. The molecule has 2 fully saturated rings. The maximum atomic E-state index is 13.2. The molecule has 3 rings (SSSR count). The first-order valence-electron chi connectivity index (χ1n) is 9.74. The van der Waals surface area contributed by atoms with Crippen LogP contribution in [0.15, 0.2) is 28.9 Å². The zero-order valence-electron chi connectivity index (χ0n) is 17.7. The molecule has 1 aromatic rings. The Morgan fingerprint density at radius 1 is 1.31 bits per heavy atom. The minimum Gasteiger partial charge on any atom is -0.436 e. The third kappa shape index (κ3) is 4.53. The molecule has 1 aliphatic carbocycles. The van der Waals surface area contributed by atoms with Crippen LogP contribution in [-0.4, -0.2) is 48.0 Å². The monoisotopic (exact) mass is 495 g/mol. The molecule has 1 saturated carbocycles. The topological polar surface area (TPSA) is 72.0 Å². The van der Waals surface area contributed by atoms with Gasteiger partial charge in [-0.3, -0.25) is 9.69 Å². The SMILES string of the molecule is CCOC1C(OC(=O)[C@@H]2C(C=C(Cl)Cl)C2(C)C)N(c2cc(C(F)(F)F)ccn2)C(=O)N1C. The number of ether oxygens (including phenoxy) is 2. The van der Waals surface area contributed by atoms with Gasteiger partial charge >= 0.3 is 18.2 Å². The van der Waals surface area contributed by atoms with E-state index in [-0.39, 0.29) is 22.8 Å². The molecule has 0 aromatic carbocycles. The van der Waals surface area contributed by atoms with E-state index in [2.05, 4.69) is 4.98 Å². The molecule has 4 atom stereocenters. The summed E-state index contributed by atoms with van der Waals surface area (Å²) >= 11 is 11.5. The summed E-state index contributed by atoms with van der Waals surface area (Å²) in [6.45, 7) is 5.50. The Bertz CT molecular complexity index is 937. The Hall–Kier alpha value is -2.04. The number of aromatic nitrogens is 1. The highest BCUT2D eigenvalue weighted by molar-refractivity contribution is 6.55. The molecule has 0 radical (unpaired) electrons. The molecule has 2 aliphatic rings. The first-order chi connectivity index (χ1) is 14.8. The fourth-order valence-corrected chi connectivity index (χ4v) is 4.18. The molecule has 7 nitrogen and oxygen atoms in total. The van der Waals surface area contributed by atoms with Gasteiger partial charge in [-0.1, -0.05) is 37.0 Å². The van der Waals surface area contributed by atoms with Crippen LogP contribution < -0.4 is 4.90 Å². The van der Waals surface area contributed by atoms with E-state index in [1.165, 1.54) is 13.1 Å². The molecule has 1 saturated heterocycles. The lowest BCUT2D eigenvalue weighted by molar-refractivity contribution is -0.162. The molecule has 0 bridgehead atoms. The number of pyridine rings is 1. The Labute approximate surface area is 193 Å². The summed E-state index contributed by atoms with van der Waals surface area (Å²) in [6, 6.07) is 0.790. The Kier molecular flexibility index (Phi) is 6.70. The third-order valence-electron chi connectivity index (χ3n) is 5.75. The van der Waals surface area contributed by atoms with E-state index in [0.717, 1.165) is 28.1 Å². The summed E-state index contributed by atoms with van der Waals surface area (Å²) < 4.78 is 50.8. The molecule has 176 valence electrons. The van der Waals surface area contributed by atoms with Crippen LogP contribution >= 0.6 is 23.2 Å². The molecule has 1 aliphatic heterocycles. The molecular weight excluding hydrogens is 474 g/mol. The summed E-state index contributed by atoms with van der Waals surface area (Å²) in [5.41, 5.74) is -1.49. The molecular formula is C20H22Cl2F3N3O4. The summed E-state index contributed by atoms with van der Waals surface area (Å²) in [7, 11) is 1.40. The second kappa shape index (κ2) is 8.72. The summed E-state index contributed by atoms with van der Waals surface area (Å²) in [5.74, 6) is -1.86. The van der Waals surface area contributed by atoms with Crippen LogP contribution in [0, 0.1) is 17.3 Å². The maximum Gasteiger partial charge on any atom is 0.416 e. The van der Waals surface area contributed by atoms with Crippen LogP contribution in [-0.2, 0) is 20.4 Å². The van der Waals surface area contributed by atoms with Crippen molar-refractivity contribution in [2.75, 3.05) is 18.6 Å². The van der Waals surface area contributed by atoms with Gasteiger partial charge in [0.25, 0.3) is 0 Å². The number of alkyl halides is 3. The number of halogens is 5. The molecule has 3 unspecified atom stereocenters. The number of carbonyl (C=O) groups is 2. The van der Waals surface area contributed by atoms with Crippen molar-refractivity contribution in [2.24, 2.45) is 17.3 Å². The zero-order chi connectivity index (χ0) is 24.0. The van der Waals surface area contributed by atoms with Gasteiger partial charge in [0.1, 0.15) is 10.3 Å². The van der Waals surface area contributed by atoms with E-state index in [1.807, 2.05) is 13.8 Å². The smallest absolute Gasteiger partial charge is 0.416 e. The van der Waals surface area contributed by atoms with Crippen LogP contribution in [0.3, 0.4) is 0 Å². The van der Waals surface area contributed by atoms with E-state index >= 15 is 0 Å². The highest BCUT2D eigenvalue weighted by Gasteiger charge is 2.63. The molecule has 0 spiro atoms. The highest BCUT2D eigenvalue weighted by Crippen LogP contribution is 2.60. The lowest BCUT2D eigenvalue weighted by Crippen LogP contribution is -2.43. The summed E-state index contributed by atoms with van der Waals surface area (Å²) in [5, 5.41) is 0. The largest absolute Gasteiger partial charge is 0.436 e. The minimum atomic E-state index is -4.64. The van der Waals surface area contributed by atoms with Crippen LogP contribution in [0.1, 0.15) is 26.3 Å². The zero-order valence-corrected chi connectivity index (χ0v) is 19.2. The summed E-state index contributed by atoms with van der Waals surface area (Å²) in [4.78, 5) is 31.8. The average Bonchev–Trinajstić information content (AvgIpc) is 3.14. The molecule has 1 aromatic heterocycles. The molecule has 2 heterocycles. The quantitative estimate of drug-likeness (QED) is 0.530. The molecule has 2 amide bonds. The Morgan fingerprint density at radius 2 is 1.97 bits per heavy atom. The second-order valence-electron chi connectivity index (χ2n) is 8.12. The average molecular weight is 496 g/mol. The predicted octanol–water partition coefficient (Wildman–Crippen LogP) is 4.80. The van der Waals surface area contributed by atoms with Crippen LogP contribution in [0.2, 0.25) is 0 Å². The second-order valence-corrected chi connectivity index (χ2v) is 9.13. The van der Waals surface area contributed by atoms with Gasteiger partial charge in [0.05, 0.1) is 11.5 Å². The first-order valence-corrected chi connectivity index (χ1v) is 10.5. The van der Waals surface area contributed by atoms with Gasteiger partial charge < -0.3 is 9.47 Å². The van der Waals surface area contributed by atoms with Gasteiger partial charge in [-0.25, -0.2) is 14.7 Å². The number of allylic oxidation sites excluding steroid dienone is 1. The number of carbonyl (C=O) groups excluding carboxylic acids is 2. The number of likely N-dealkylation sites (N-methyl/N-ethyl adjacent to an activating group) is 1. The van der Waals surface area contributed by atoms with E-state index < -0.39 is 47.5 Å². The van der Waals surface area contributed by atoms with Crippen molar-refractivity contribution >= 4 is 41.0 Å². The predicted molar refractivity (Wildman–Crippen MR) is 111 cm³/mol. The van der Waals surface area contributed by atoms with Crippen molar-refractivity contribution in [3.05, 3.63) is 34.5 Å². The Morgan fingerprint density at radius 3 is 2.53 bits per heavy atom. The van der Waals surface area contributed by atoms with Gasteiger partial charge in [-0.15, -0.1) is 0 Å². The number of amides is 2. The van der Waals surface area contributed by atoms with E-state index in [1.54, 1.807) is 6.92 Å². The normalized spacial score (nSPS) is 26.8. The highest BCUT2D eigenvalue weighted by atomic mass is 35.5. The fourth-order valence-electron chi connectivity index (χ4n) is 3.90. The lowest BCUT2D eigenvalue weighted by atomic mass is 10.1. The van der Waals surface area contributed by atoms with Crippen molar-refractivity contribution < 1.29 is 32.2 Å². The maximum absolute atomic E-state index is 13.2. The standard InChI is InChI=1S/C20H22Cl2F3N3O4/c1-5-31-15-16(32-17(29)14-11(9-12(21)22)19(14,2)3)28(18(30)27(15)4)13-8-10(6-7-26-13)20(23,24)25/h6-9,11,14-16H,5H2,1-4H3/t11?,14-,15?,16?/m0/s1. The number of hydrogen-bond acceptors (Lipinski definition) is 5. The van der Waals surface area contributed by atoms with Gasteiger partial charge in [-0.2, -0.15) is 13.2 Å². The fraction of sp³-hybridized carbons (Fsp3) is 0.550. The van der Waals surface area contributed by atoms with E-state index in [4.69, 9.17) is 32.7 Å². The van der Waals surface area contributed by atoms with Crippen LogP contribution in [0.5, 0.6) is 0 Å². The van der Waals surface area contributed by atoms with Crippen molar-refractivity contribution in [2.45, 2.75) is 39.4 Å². The van der Waals surface area contributed by atoms with Crippen LogP contribution in [0.4, 0.5) is 23.8 Å². The Balaban J connectivity index is 1.94. The minimum absolute atomic E-state index is 0.0103. The van der Waals surface area contributed by atoms with Gasteiger partial charge in [0.2, 0.25) is 6.23 Å². The molecule has 12 heteroatoms. The number of anilines is 1. The van der Waals surface area contributed by atoms with Gasteiger partial charge in [0.15, 0.2) is 6.23 Å².